The number of aliphatic hydroxyl groups is 2. The molecule has 2 aliphatic rings. The molecule has 2 fully saturated rings. The summed E-state index contributed by atoms with van der Waals surface area (Å²) in [6.45, 7) is 3.94. The Morgan fingerprint density at radius 3 is 1.93 bits per heavy atom. The van der Waals surface area contributed by atoms with E-state index in [4.69, 9.17) is 35.5 Å². The first-order valence-corrected chi connectivity index (χ1v) is 14.0. The van der Waals surface area contributed by atoms with Gasteiger partial charge < -0.3 is 29.2 Å². The summed E-state index contributed by atoms with van der Waals surface area (Å²) in [7, 11) is 0. The zero-order valence-electron chi connectivity index (χ0n) is 24.3. The van der Waals surface area contributed by atoms with E-state index in [1.807, 2.05) is 60.7 Å². The number of benzene rings is 2. The Kier molecular flexibility index (Phi) is 14.1. The second-order valence-electron chi connectivity index (χ2n) is 10.3. The summed E-state index contributed by atoms with van der Waals surface area (Å²) in [4.78, 5) is 8.07. The van der Waals surface area contributed by atoms with Gasteiger partial charge in [0.05, 0.1) is 69.0 Å². The second kappa shape index (κ2) is 18.0. The number of halogens is 1. The standard InChI is InChI=1S/C14H18FN3O3.C14H18N6O3/c1-9-12(15)14(13(19)11(21-9)7-17-18-16)20-8-10-5-3-2-4-6-10;1-9-12(17-19-15)14(21)13(18-20-16)11(23-9)8-22-7-10-5-3-2-4-6-10/h2-6,9,11-14,19H,7-8H2,1H3;2-6,9,11-14,21H,7-8H2,1H3/t2*9-,11+,12-,13+,14+/m00/s1. The smallest absolute Gasteiger partial charge is 0.155 e. The number of hydrogen-bond acceptors (Lipinski definition) is 9. The minimum atomic E-state index is -1.44. The van der Waals surface area contributed by atoms with Crippen molar-refractivity contribution in [2.24, 2.45) is 15.3 Å². The van der Waals surface area contributed by atoms with Crippen molar-refractivity contribution in [3.05, 3.63) is 103 Å². The molecule has 2 aromatic rings. The summed E-state index contributed by atoms with van der Waals surface area (Å²) in [6, 6.07) is 17.2. The van der Waals surface area contributed by atoms with Crippen LogP contribution in [0.1, 0.15) is 25.0 Å². The zero-order chi connectivity index (χ0) is 31.9. The first-order valence-electron chi connectivity index (χ1n) is 14.0. The van der Waals surface area contributed by atoms with Gasteiger partial charge in [-0.15, -0.1) is 0 Å². The van der Waals surface area contributed by atoms with Gasteiger partial charge in [-0.05, 0) is 41.6 Å². The average Bonchev–Trinajstić information content (AvgIpc) is 3.03. The Morgan fingerprint density at radius 1 is 0.773 bits per heavy atom. The molecule has 16 heteroatoms. The Labute approximate surface area is 253 Å². The maximum Gasteiger partial charge on any atom is 0.155 e. The van der Waals surface area contributed by atoms with Crippen LogP contribution >= 0.6 is 0 Å². The van der Waals surface area contributed by atoms with Crippen molar-refractivity contribution in [1.82, 2.24) is 0 Å². The third-order valence-corrected chi connectivity index (χ3v) is 7.19. The Bertz CT molecular complexity index is 1300. The molecule has 0 saturated carbocycles. The molecule has 0 amide bonds. The molecule has 0 aliphatic carbocycles. The molecule has 2 heterocycles. The highest BCUT2D eigenvalue weighted by molar-refractivity contribution is 5.14. The van der Waals surface area contributed by atoms with E-state index in [2.05, 4.69) is 30.1 Å². The van der Waals surface area contributed by atoms with Crippen LogP contribution in [0.15, 0.2) is 76.0 Å². The molecule has 0 unspecified atom stereocenters. The van der Waals surface area contributed by atoms with Crippen LogP contribution in [0.25, 0.3) is 31.3 Å². The lowest BCUT2D eigenvalue weighted by Gasteiger charge is -2.40. The van der Waals surface area contributed by atoms with Gasteiger partial charge in [0.1, 0.15) is 12.2 Å². The average molecular weight is 614 g/mol. The third kappa shape index (κ3) is 9.79. The Morgan fingerprint density at radius 2 is 1.34 bits per heavy atom. The fraction of sp³-hybridized carbons (Fsp3) is 0.571. The first kappa shape index (κ1) is 34.5. The highest BCUT2D eigenvalue weighted by Gasteiger charge is 2.44. The highest BCUT2D eigenvalue weighted by atomic mass is 19.1. The number of rotatable bonds is 11. The molecule has 0 spiro atoms. The molecule has 0 radical (unpaired) electrons. The van der Waals surface area contributed by atoms with E-state index >= 15 is 0 Å². The number of hydrogen-bond donors (Lipinski definition) is 2. The third-order valence-electron chi connectivity index (χ3n) is 7.19. The van der Waals surface area contributed by atoms with E-state index < -0.39 is 61.0 Å². The maximum atomic E-state index is 14.2. The lowest BCUT2D eigenvalue weighted by molar-refractivity contribution is -0.213. The summed E-state index contributed by atoms with van der Waals surface area (Å²) in [5, 5.41) is 30.9. The van der Waals surface area contributed by atoms with Gasteiger partial charge in [0, 0.05) is 14.7 Å². The van der Waals surface area contributed by atoms with Gasteiger partial charge in [-0.1, -0.05) is 76.0 Å². The van der Waals surface area contributed by atoms with Crippen LogP contribution in [-0.4, -0.2) is 84.3 Å². The zero-order valence-corrected chi connectivity index (χ0v) is 24.3. The second-order valence-corrected chi connectivity index (χ2v) is 10.3. The molecule has 2 N–H and O–H groups in total. The van der Waals surface area contributed by atoms with Gasteiger partial charge in [0.2, 0.25) is 0 Å². The summed E-state index contributed by atoms with van der Waals surface area (Å²) in [6.07, 6.45) is -7.34. The summed E-state index contributed by atoms with van der Waals surface area (Å²) in [5.74, 6) is 0. The van der Waals surface area contributed by atoms with Crippen molar-refractivity contribution < 1.29 is 33.6 Å². The van der Waals surface area contributed by atoms with Crippen molar-refractivity contribution in [3.8, 4) is 0 Å². The van der Waals surface area contributed by atoms with Crippen LogP contribution in [0.5, 0.6) is 0 Å². The number of ether oxygens (including phenoxy) is 4. The van der Waals surface area contributed by atoms with Gasteiger partial charge in [-0.25, -0.2) is 4.39 Å². The van der Waals surface area contributed by atoms with E-state index in [9.17, 15) is 14.6 Å². The largest absolute Gasteiger partial charge is 0.392 e. The molecule has 10 atom stereocenters. The number of aliphatic hydroxyl groups excluding tert-OH is 2. The van der Waals surface area contributed by atoms with E-state index in [1.54, 1.807) is 13.8 Å². The summed E-state index contributed by atoms with van der Waals surface area (Å²) in [5.41, 5.74) is 27.5. The molecular formula is C28H36FN9O6. The molecule has 44 heavy (non-hydrogen) atoms. The van der Waals surface area contributed by atoms with Crippen LogP contribution in [0.2, 0.25) is 0 Å². The van der Waals surface area contributed by atoms with Crippen LogP contribution in [-0.2, 0) is 32.2 Å². The Balaban J connectivity index is 0.000000241. The van der Waals surface area contributed by atoms with Gasteiger partial charge in [-0.2, -0.15) is 0 Å². The lowest BCUT2D eigenvalue weighted by Crippen LogP contribution is -2.56. The van der Waals surface area contributed by atoms with Gasteiger partial charge in [-0.3, -0.25) is 0 Å². The van der Waals surface area contributed by atoms with E-state index in [1.165, 1.54) is 0 Å². The number of alkyl halides is 1. The van der Waals surface area contributed by atoms with E-state index in [0.29, 0.717) is 6.61 Å². The molecule has 4 rings (SSSR count). The quantitative estimate of drug-likeness (QED) is 0.199. The molecule has 236 valence electrons. The number of nitrogens with zero attached hydrogens (tertiary/aromatic N) is 9. The molecule has 0 bridgehead atoms. The molecule has 2 aromatic carbocycles. The van der Waals surface area contributed by atoms with Gasteiger partial charge >= 0.3 is 0 Å². The number of azide groups is 3. The molecular weight excluding hydrogens is 577 g/mol. The molecule has 2 saturated heterocycles. The predicted molar refractivity (Wildman–Crippen MR) is 157 cm³/mol. The summed E-state index contributed by atoms with van der Waals surface area (Å²) >= 11 is 0. The lowest BCUT2D eigenvalue weighted by atomic mass is 9.92. The Hall–Kier alpha value is -3.94. The van der Waals surface area contributed by atoms with Crippen LogP contribution < -0.4 is 0 Å². The maximum absolute atomic E-state index is 14.2. The molecule has 0 aromatic heterocycles. The predicted octanol–water partition coefficient (Wildman–Crippen LogP) is 5.08. The first-order chi connectivity index (χ1) is 21.3. The van der Waals surface area contributed by atoms with Crippen molar-refractivity contribution in [3.63, 3.8) is 0 Å². The van der Waals surface area contributed by atoms with E-state index in [0.717, 1.165) is 11.1 Å². The van der Waals surface area contributed by atoms with Crippen LogP contribution in [0.4, 0.5) is 4.39 Å². The molecule has 2 aliphatic heterocycles. The normalized spacial score (nSPS) is 31.2. The van der Waals surface area contributed by atoms with Crippen molar-refractivity contribution in [2.45, 2.75) is 88.0 Å². The fourth-order valence-electron chi connectivity index (χ4n) is 4.89. The van der Waals surface area contributed by atoms with Crippen molar-refractivity contribution in [1.29, 1.82) is 0 Å². The SMILES string of the molecule is C[C@@H]1O[C@H](CN=[N+]=[N-])[C@@H](O)[C@H](OCc2ccccc2)[C@H]1F.C[C@@H]1O[C@H](COCc2ccccc2)[C@@H](N=[N+]=[N-])[C@H](O)[C@H]1N=[N+]=[N-]. The monoisotopic (exact) mass is 613 g/mol. The topological polar surface area (TPSA) is 224 Å². The van der Waals surface area contributed by atoms with Gasteiger partial charge in [0.15, 0.2) is 6.17 Å². The highest BCUT2D eigenvalue weighted by Crippen LogP contribution is 2.28. The van der Waals surface area contributed by atoms with Crippen molar-refractivity contribution >= 4 is 0 Å². The van der Waals surface area contributed by atoms with E-state index in [-0.39, 0.29) is 19.8 Å². The molecule has 15 nitrogen and oxygen atoms in total. The van der Waals surface area contributed by atoms with Crippen LogP contribution in [0, 0.1) is 0 Å². The van der Waals surface area contributed by atoms with Crippen LogP contribution in [0.3, 0.4) is 0 Å². The minimum Gasteiger partial charge on any atom is -0.392 e. The minimum absolute atomic E-state index is 0.0556. The fourth-order valence-corrected chi connectivity index (χ4v) is 4.89. The van der Waals surface area contributed by atoms with Crippen molar-refractivity contribution in [2.75, 3.05) is 13.2 Å². The van der Waals surface area contributed by atoms with Gasteiger partial charge in [0.25, 0.3) is 0 Å². The summed E-state index contributed by atoms with van der Waals surface area (Å²) < 4.78 is 36.4.